The number of aryl methyl sites for hydroxylation is 1. The molecule has 43 heavy (non-hydrogen) atoms. The summed E-state index contributed by atoms with van der Waals surface area (Å²) in [5, 5.41) is 0. The first-order chi connectivity index (χ1) is 20.7. The first kappa shape index (κ1) is 30.5. The number of carbonyl (C=O) groups is 1. The van der Waals surface area contributed by atoms with Crippen molar-refractivity contribution in [1.29, 1.82) is 0 Å². The number of benzene rings is 2. The topological polar surface area (TPSA) is 94.0 Å². The lowest BCUT2D eigenvalue weighted by atomic mass is 10.0. The maximum absolute atomic E-state index is 14.1. The van der Waals surface area contributed by atoms with Crippen molar-refractivity contribution in [3.63, 3.8) is 0 Å². The minimum absolute atomic E-state index is 0.0623. The molecule has 1 amide bonds. The predicted molar refractivity (Wildman–Crippen MR) is 164 cm³/mol. The predicted octanol–water partition coefficient (Wildman–Crippen LogP) is 4.66. The highest BCUT2D eigenvalue weighted by Crippen LogP contribution is 2.34. The molecule has 0 aliphatic carbocycles. The van der Waals surface area contributed by atoms with Gasteiger partial charge in [-0.1, -0.05) is 36.4 Å². The first-order valence-corrected chi connectivity index (χ1v) is 15.8. The zero-order valence-electron chi connectivity index (χ0n) is 25.1. The van der Waals surface area contributed by atoms with Gasteiger partial charge in [0.15, 0.2) is 0 Å². The molecule has 226 valence electrons. The molecular weight excluding hydrogens is 564 g/mol. The third-order valence-electron chi connectivity index (χ3n) is 8.07. The minimum atomic E-state index is -3.91. The summed E-state index contributed by atoms with van der Waals surface area (Å²) in [4.78, 5) is 19.8. The maximum atomic E-state index is 14.1. The van der Waals surface area contributed by atoms with Gasteiger partial charge in [0.05, 0.1) is 24.7 Å². The molecule has 10 heteroatoms. The third-order valence-corrected chi connectivity index (χ3v) is 10.2. The molecule has 1 unspecified atom stereocenters. The summed E-state index contributed by atoms with van der Waals surface area (Å²) in [6.45, 7) is 6.84. The second-order valence-electron chi connectivity index (χ2n) is 10.8. The molecule has 9 nitrogen and oxygen atoms in total. The highest BCUT2D eigenvalue weighted by molar-refractivity contribution is 7.89. The van der Waals surface area contributed by atoms with Crippen molar-refractivity contribution in [3.8, 4) is 5.75 Å². The molecular formula is C33H38N4O5S. The summed E-state index contributed by atoms with van der Waals surface area (Å²) < 4.78 is 43.2. The van der Waals surface area contributed by atoms with Crippen molar-refractivity contribution in [1.82, 2.24) is 18.8 Å². The Morgan fingerprint density at radius 2 is 1.81 bits per heavy atom. The van der Waals surface area contributed by atoms with E-state index in [0.717, 1.165) is 22.4 Å². The molecule has 1 aliphatic heterocycles. The Labute approximate surface area is 253 Å². The van der Waals surface area contributed by atoms with Crippen molar-refractivity contribution in [2.45, 2.75) is 44.8 Å². The van der Waals surface area contributed by atoms with Crippen LogP contribution in [0.3, 0.4) is 0 Å². The molecule has 0 radical (unpaired) electrons. The Balaban J connectivity index is 1.32. The van der Waals surface area contributed by atoms with Crippen LogP contribution in [0.1, 0.15) is 39.6 Å². The molecule has 0 fully saturated rings. The third kappa shape index (κ3) is 6.36. The van der Waals surface area contributed by atoms with E-state index in [9.17, 15) is 13.2 Å². The normalized spacial score (nSPS) is 15.0. The van der Waals surface area contributed by atoms with Crippen LogP contribution in [0.2, 0.25) is 0 Å². The van der Waals surface area contributed by atoms with Gasteiger partial charge in [0.25, 0.3) is 0 Å². The van der Waals surface area contributed by atoms with Crippen LogP contribution in [0.15, 0.2) is 84.1 Å². The Bertz CT molecular complexity index is 1670. The zero-order valence-corrected chi connectivity index (χ0v) is 25.9. The van der Waals surface area contributed by atoms with Crippen LogP contribution in [0, 0.1) is 20.8 Å². The summed E-state index contributed by atoms with van der Waals surface area (Å²) in [6, 6.07) is 18.8. The molecule has 0 saturated carbocycles. The van der Waals surface area contributed by atoms with Gasteiger partial charge < -0.3 is 18.9 Å². The summed E-state index contributed by atoms with van der Waals surface area (Å²) in [5.74, 6) is 0.496. The molecule has 0 N–H and O–H groups in total. The lowest BCUT2D eigenvalue weighted by molar-refractivity contribution is -0.139. The average molecular weight is 603 g/mol. The SMILES string of the molecule is COc1cc(C)c(S(=O)(=O)N(CCOCC(=O)N2CCn3cccc3C2c2cccnc2)Cc2ccccc2)c(C)c1C. The average Bonchev–Trinajstić information content (AvgIpc) is 3.49. The molecule has 1 atom stereocenters. The van der Waals surface area contributed by atoms with E-state index in [2.05, 4.69) is 9.55 Å². The molecule has 2 aromatic heterocycles. The Morgan fingerprint density at radius 1 is 1.02 bits per heavy atom. The highest BCUT2D eigenvalue weighted by Gasteiger charge is 2.33. The summed E-state index contributed by atoms with van der Waals surface area (Å²) in [5.41, 5.74) is 4.86. The van der Waals surface area contributed by atoms with E-state index in [4.69, 9.17) is 9.47 Å². The fraction of sp³-hybridized carbons (Fsp3) is 0.333. The van der Waals surface area contributed by atoms with Crippen molar-refractivity contribution in [3.05, 3.63) is 113 Å². The van der Waals surface area contributed by atoms with E-state index in [-0.39, 0.29) is 43.1 Å². The van der Waals surface area contributed by atoms with Gasteiger partial charge in [-0.2, -0.15) is 4.31 Å². The van der Waals surface area contributed by atoms with Gasteiger partial charge in [-0.3, -0.25) is 9.78 Å². The van der Waals surface area contributed by atoms with Crippen molar-refractivity contribution < 1.29 is 22.7 Å². The Morgan fingerprint density at radius 3 is 2.53 bits per heavy atom. The monoisotopic (exact) mass is 602 g/mol. The van der Waals surface area contributed by atoms with Crippen molar-refractivity contribution in [2.24, 2.45) is 0 Å². The van der Waals surface area contributed by atoms with Crippen LogP contribution in [0.5, 0.6) is 5.75 Å². The summed E-state index contributed by atoms with van der Waals surface area (Å²) in [7, 11) is -2.33. The number of ether oxygens (including phenoxy) is 2. The van der Waals surface area contributed by atoms with Gasteiger partial charge >= 0.3 is 0 Å². The molecule has 0 saturated heterocycles. The van der Waals surface area contributed by atoms with Crippen LogP contribution in [0.25, 0.3) is 0 Å². The van der Waals surface area contributed by atoms with Gasteiger partial charge in [-0.05, 0) is 72.9 Å². The van der Waals surface area contributed by atoms with E-state index in [0.29, 0.717) is 30.0 Å². The Kier molecular flexibility index (Phi) is 9.29. The number of pyridine rings is 1. The second kappa shape index (κ2) is 13.1. The fourth-order valence-electron chi connectivity index (χ4n) is 5.78. The van der Waals surface area contributed by atoms with E-state index in [1.807, 2.05) is 72.6 Å². The number of rotatable bonds is 11. The molecule has 1 aliphatic rings. The number of hydrogen-bond acceptors (Lipinski definition) is 6. The van der Waals surface area contributed by atoms with Crippen LogP contribution in [-0.2, 0) is 32.6 Å². The lowest BCUT2D eigenvalue weighted by Gasteiger charge is -2.37. The van der Waals surface area contributed by atoms with Crippen molar-refractivity contribution >= 4 is 15.9 Å². The number of aromatic nitrogens is 2. The van der Waals surface area contributed by atoms with Gasteiger partial charge in [-0.15, -0.1) is 0 Å². The zero-order chi connectivity index (χ0) is 30.6. The van der Waals surface area contributed by atoms with Crippen LogP contribution >= 0.6 is 0 Å². The maximum Gasteiger partial charge on any atom is 0.249 e. The largest absolute Gasteiger partial charge is 0.496 e. The second-order valence-corrected chi connectivity index (χ2v) is 12.6. The van der Waals surface area contributed by atoms with Crippen LogP contribution in [0.4, 0.5) is 0 Å². The van der Waals surface area contributed by atoms with Gasteiger partial charge in [0.2, 0.25) is 15.9 Å². The van der Waals surface area contributed by atoms with Crippen LogP contribution < -0.4 is 4.74 Å². The fourth-order valence-corrected chi connectivity index (χ4v) is 7.68. The number of sulfonamides is 1. The van der Waals surface area contributed by atoms with Gasteiger partial charge in [-0.25, -0.2) is 8.42 Å². The number of methoxy groups -OCH3 is 1. The minimum Gasteiger partial charge on any atom is -0.496 e. The Hall–Kier alpha value is -3.99. The molecule has 0 bridgehead atoms. The van der Waals surface area contributed by atoms with Gasteiger partial charge in [0.1, 0.15) is 12.4 Å². The van der Waals surface area contributed by atoms with Crippen molar-refractivity contribution in [2.75, 3.05) is 33.4 Å². The molecule has 3 heterocycles. The number of carbonyl (C=O) groups excluding carboxylic acids is 1. The smallest absolute Gasteiger partial charge is 0.249 e. The summed E-state index contributed by atoms with van der Waals surface area (Å²) >= 11 is 0. The first-order valence-electron chi connectivity index (χ1n) is 14.3. The van der Waals surface area contributed by atoms with E-state index in [1.165, 1.54) is 4.31 Å². The molecule has 2 aromatic carbocycles. The number of amides is 1. The number of fused-ring (bicyclic) bond motifs is 1. The summed E-state index contributed by atoms with van der Waals surface area (Å²) in [6.07, 6.45) is 5.52. The number of hydrogen-bond donors (Lipinski definition) is 0. The molecule has 0 spiro atoms. The van der Waals surface area contributed by atoms with Gasteiger partial charge in [0, 0.05) is 50.5 Å². The van der Waals surface area contributed by atoms with E-state index < -0.39 is 10.0 Å². The molecule has 5 rings (SSSR count). The standard InChI is InChI=1S/C33H38N4O5S/c1-24-20-30(41-4)25(2)26(3)33(24)43(39,40)36(22-27-10-6-5-7-11-27)18-19-42-23-31(38)37-17-16-35-15-9-13-29(35)32(37)28-12-8-14-34-21-28/h5-15,20-21,32H,16-19,22-23H2,1-4H3. The van der Waals surface area contributed by atoms with Crippen LogP contribution in [-0.4, -0.2) is 66.5 Å². The molecule has 4 aromatic rings. The lowest BCUT2D eigenvalue weighted by Crippen LogP contribution is -2.44. The van der Waals surface area contributed by atoms with E-state index >= 15 is 0 Å². The highest BCUT2D eigenvalue weighted by atomic mass is 32.2. The quantitative estimate of drug-likeness (QED) is 0.232. The van der Waals surface area contributed by atoms with E-state index in [1.54, 1.807) is 39.4 Å². The number of nitrogens with zero attached hydrogens (tertiary/aromatic N) is 4.